The molecule has 1 aromatic heterocycles. The molecule has 1 atom stereocenters. The third-order valence-corrected chi connectivity index (χ3v) is 9.35. The Hall–Kier alpha value is -5.52. The standard InChI is InChI=1S/C43H69N7O10.CO2/c1-43(2,3)31-38(52)44-24-29-59-27-12-7-13-28-60-30-25-45-40(55)34-21-19-33(20-22-34)37(51)17-9-6-4-5-8-15-35-32-50(49-48-35)26-11-10-16-36(41(56)57)47-42(58)46-23-14-18-39(53)54;2-1-3/h19-22,32,36H,4-18,23-31H2,1-3H3,(H,44,52)(H,45,55)(H,53,54)(H,56,57)(H2,46,47,58);/t36-;/m0./s1. The Morgan fingerprint density at radius 2 is 1.32 bits per heavy atom. The van der Waals surface area contributed by atoms with Gasteiger partial charge in [-0.1, -0.05) is 57.4 Å². The van der Waals surface area contributed by atoms with E-state index in [-0.39, 0.29) is 55.0 Å². The van der Waals surface area contributed by atoms with Crippen LogP contribution < -0.4 is 21.3 Å². The SMILES string of the molecule is CC(C)(C)CC(=O)NCCOCCCCCOCCNC(=O)c1ccc(C(=O)CCCCCCCc2cn(CCCC[C@H](NC(=O)NCCCC(=O)O)C(=O)O)nn2)cc1.O=C=O. The van der Waals surface area contributed by atoms with E-state index in [0.717, 1.165) is 63.5 Å². The normalized spacial score (nSPS) is 11.3. The number of benzene rings is 1. The zero-order valence-corrected chi connectivity index (χ0v) is 37.3. The van der Waals surface area contributed by atoms with Crippen molar-refractivity contribution in [1.29, 1.82) is 0 Å². The van der Waals surface area contributed by atoms with E-state index in [0.29, 0.717) is 82.9 Å². The Morgan fingerprint density at radius 3 is 1.95 bits per heavy atom. The van der Waals surface area contributed by atoms with Gasteiger partial charge in [0.25, 0.3) is 5.91 Å². The number of carbonyl (C=O) groups excluding carboxylic acids is 6. The molecule has 1 aromatic carbocycles. The van der Waals surface area contributed by atoms with E-state index >= 15 is 0 Å². The summed E-state index contributed by atoms with van der Waals surface area (Å²) >= 11 is 0. The van der Waals surface area contributed by atoms with Gasteiger partial charge in [-0.25, -0.2) is 9.59 Å². The quantitative estimate of drug-likeness (QED) is 0.0410. The highest BCUT2D eigenvalue weighted by Gasteiger charge is 2.19. The topological polar surface area (TPSA) is 274 Å². The lowest BCUT2D eigenvalue weighted by Crippen LogP contribution is -2.46. The van der Waals surface area contributed by atoms with Gasteiger partial charge in [0, 0.05) is 76.0 Å². The second kappa shape index (κ2) is 34.0. The Kier molecular flexibility index (Phi) is 30.0. The van der Waals surface area contributed by atoms with E-state index in [1.807, 2.05) is 27.0 Å². The molecule has 0 saturated heterocycles. The summed E-state index contributed by atoms with van der Waals surface area (Å²) in [5.74, 6) is -2.19. The van der Waals surface area contributed by atoms with Crippen molar-refractivity contribution < 1.29 is 58.0 Å². The van der Waals surface area contributed by atoms with Crippen molar-refractivity contribution >= 4 is 41.7 Å². The van der Waals surface area contributed by atoms with Gasteiger partial charge in [-0.05, 0) is 81.8 Å². The number of urea groups is 1. The Morgan fingerprint density at radius 1 is 0.714 bits per heavy atom. The molecule has 19 heteroatoms. The Bertz CT molecular complexity index is 1670. The van der Waals surface area contributed by atoms with E-state index in [9.17, 15) is 33.9 Å². The second-order valence-electron chi connectivity index (χ2n) is 16.2. The summed E-state index contributed by atoms with van der Waals surface area (Å²) in [6.45, 7) is 9.92. The third kappa shape index (κ3) is 30.2. The van der Waals surface area contributed by atoms with E-state index in [2.05, 4.69) is 31.6 Å². The predicted molar refractivity (Wildman–Crippen MR) is 231 cm³/mol. The minimum absolute atomic E-state index is 0.0242. The molecule has 0 aliphatic rings. The largest absolute Gasteiger partial charge is 0.481 e. The number of aromatic nitrogens is 3. The van der Waals surface area contributed by atoms with Gasteiger partial charge in [-0.15, -0.1) is 5.10 Å². The summed E-state index contributed by atoms with van der Waals surface area (Å²) < 4.78 is 12.9. The van der Waals surface area contributed by atoms with Gasteiger partial charge in [-0.2, -0.15) is 9.59 Å². The average molecular weight is 888 g/mol. The molecule has 0 unspecified atom stereocenters. The first kappa shape index (κ1) is 55.5. The first-order chi connectivity index (χ1) is 30.1. The molecule has 0 bridgehead atoms. The van der Waals surface area contributed by atoms with Gasteiger partial charge >= 0.3 is 24.1 Å². The molecule has 0 aliphatic carbocycles. The lowest BCUT2D eigenvalue weighted by molar-refractivity contribution is -0.191. The van der Waals surface area contributed by atoms with Crippen LogP contribution >= 0.6 is 0 Å². The van der Waals surface area contributed by atoms with Crippen molar-refractivity contribution in [2.45, 2.75) is 136 Å². The molecule has 2 aromatic rings. The number of nitrogens with one attached hydrogen (secondary N) is 4. The number of aryl methyl sites for hydroxylation is 2. The molecule has 6 N–H and O–H groups in total. The second-order valence-corrected chi connectivity index (χ2v) is 16.2. The molecule has 0 fully saturated rings. The number of carboxylic acids is 2. The molecule has 0 saturated carbocycles. The lowest BCUT2D eigenvalue weighted by Gasteiger charge is -2.17. The summed E-state index contributed by atoms with van der Waals surface area (Å²) in [5, 5.41) is 37.1. The molecule has 63 heavy (non-hydrogen) atoms. The fraction of sp³-hybridized carbons (Fsp3) is 0.659. The van der Waals surface area contributed by atoms with Crippen molar-refractivity contribution in [3.63, 3.8) is 0 Å². The molecule has 19 nitrogen and oxygen atoms in total. The first-order valence-electron chi connectivity index (χ1n) is 21.9. The maximum atomic E-state index is 12.7. The zero-order chi connectivity index (χ0) is 46.7. The third-order valence-electron chi connectivity index (χ3n) is 9.35. The van der Waals surface area contributed by atoms with Crippen molar-refractivity contribution in [1.82, 2.24) is 36.3 Å². The van der Waals surface area contributed by atoms with Crippen LogP contribution in [0.15, 0.2) is 30.5 Å². The van der Waals surface area contributed by atoms with Crippen LogP contribution in [0.1, 0.15) is 143 Å². The molecular weight excluding hydrogens is 819 g/mol. The number of carboxylic acid groups (broad SMARTS) is 2. The van der Waals surface area contributed by atoms with Crippen molar-refractivity contribution in [2.75, 3.05) is 46.1 Å². The van der Waals surface area contributed by atoms with Crippen LogP contribution in [-0.2, 0) is 46.4 Å². The number of Topliss-reactive ketones (excluding diaryl/α,β-unsaturated/α-hetero) is 1. The molecule has 1 heterocycles. The monoisotopic (exact) mass is 888 g/mol. The zero-order valence-electron chi connectivity index (χ0n) is 37.3. The number of nitrogens with zero attached hydrogens (tertiary/aromatic N) is 3. The summed E-state index contributed by atoms with van der Waals surface area (Å²) in [7, 11) is 0. The fourth-order valence-electron chi connectivity index (χ4n) is 6.10. The molecule has 0 radical (unpaired) electrons. The Labute approximate surface area is 370 Å². The number of rotatable bonds is 34. The minimum atomic E-state index is -1.13. The highest BCUT2D eigenvalue weighted by Crippen LogP contribution is 2.18. The number of hydrogen-bond acceptors (Lipinski definition) is 12. The number of ketones is 1. The van der Waals surface area contributed by atoms with E-state index in [4.69, 9.17) is 24.2 Å². The highest BCUT2D eigenvalue weighted by molar-refractivity contribution is 5.98. The molecule has 352 valence electrons. The molecular formula is C44H69N7O12. The van der Waals surface area contributed by atoms with Gasteiger partial charge < -0.3 is 41.0 Å². The van der Waals surface area contributed by atoms with E-state index < -0.39 is 24.0 Å². The van der Waals surface area contributed by atoms with E-state index in [1.54, 1.807) is 28.9 Å². The lowest BCUT2D eigenvalue weighted by atomic mass is 9.92. The van der Waals surface area contributed by atoms with Crippen LogP contribution in [0.4, 0.5) is 4.79 Å². The van der Waals surface area contributed by atoms with Gasteiger partial charge in [0.2, 0.25) is 5.91 Å². The fourth-order valence-corrected chi connectivity index (χ4v) is 6.10. The number of carbonyl (C=O) groups is 6. The predicted octanol–water partition coefficient (Wildman–Crippen LogP) is 4.73. The highest BCUT2D eigenvalue weighted by atomic mass is 16.5. The van der Waals surface area contributed by atoms with Gasteiger partial charge in [0.05, 0.1) is 18.9 Å². The smallest absolute Gasteiger partial charge is 0.373 e. The van der Waals surface area contributed by atoms with Crippen LogP contribution in [0.3, 0.4) is 0 Å². The molecule has 2 rings (SSSR count). The molecule has 0 aliphatic heterocycles. The van der Waals surface area contributed by atoms with E-state index in [1.165, 1.54) is 0 Å². The summed E-state index contributed by atoms with van der Waals surface area (Å²) in [6, 6.07) is 5.07. The number of amides is 4. The van der Waals surface area contributed by atoms with Crippen LogP contribution in [0.25, 0.3) is 0 Å². The van der Waals surface area contributed by atoms with Gasteiger partial charge in [-0.3, -0.25) is 23.9 Å². The number of ether oxygens (including phenoxy) is 2. The number of hydrogen-bond donors (Lipinski definition) is 6. The van der Waals surface area contributed by atoms with Gasteiger partial charge in [0.15, 0.2) is 5.78 Å². The van der Waals surface area contributed by atoms with Crippen molar-refractivity contribution in [3.8, 4) is 0 Å². The van der Waals surface area contributed by atoms with Gasteiger partial charge in [0.1, 0.15) is 6.04 Å². The molecule has 0 spiro atoms. The van der Waals surface area contributed by atoms with Crippen LogP contribution in [0, 0.1) is 5.41 Å². The number of aliphatic carboxylic acids is 2. The maximum absolute atomic E-state index is 12.7. The summed E-state index contributed by atoms with van der Waals surface area (Å²) in [4.78, 5) is 87.3. The summed E-state index contributed by atoms with van der Waals surface area (Å²) in [5.41, 5.74) is 1.95. The first-order valence-corrected chi connectivity index (χ1v) is 21.9. The number of unbranched alkanes of at least 4 members (excludes halogenated alkanes) is 7. The minimum Gasteiger partial charge on any atom is -0.481 e. The van der Waals surface area contributed by atoms with Crippen LogP contribution in [0.5, 0.6) is 0 Å². The van der Waals surface area contributed by atoms with Crippen molar-refractivity contribution in [3.05, 3.63) is 47.3 Å². The molecule has 4 amide bonds. The summed E-state index contributed by atoms with van der Waals surface area (Å²) in [6.07, 6.45) is 13.0. The van der Waals surface area contributed by atoms with Crippen LogP contribution in [0.2, 0.25) is 0 Å². The Balaban J connectivity index is 0.00000642. The maximum Gasteiger partial charge on any atom is 0.373 e. The van der Waals surface area contributed by atoms with Crippen LogP contribution in [-0.4, -0.2) is 119 Å². The average Bonchev–Trinajstić information content (AvgIpc) is 3.68. The van der Waals surface area contributed by atoms with Crippen molar-refractivity contribution in [2.24, 2.45) is 5.41 Å².